The van der Waals surface area contributed by atoms with Gasteiger partial charge in [0.1, 0.15) is 22.9 Å². The number of alkyl halides is 3. The molecule has 1 saturated heterocycles. The monoisotopic (exact) mass is 653 g/mol. The van der Waals surface area contributed by atoms with Crippen molar-refractivity contribution < 1.29 is 35.5 Å². The molecule has 16 heteroatoms. The minimum absolute atomic E-state index is 0.0212. The van der Waals surface area contributed by atoms with Crippen LogP contribution in [0.4, 0.5) is 40.7 Å². The van der Waals surface area contributed by atoms with E-state index in [2.05, 4.69) is 30.8 Å². The normalized spacial score (nSPS) is 14.6. The van der Waals surface area contributed by atoms with Crippen LogP contribution in [0, 0.1) is 12.7 Å². The van der Waals surface area contributed by atoms with Crippen molar-refractivity contribution in [2.24, 2.45) is 0 Å². The predicted octanol–water partition coefficient (Wildman–Crippen LogP) is 4.53. The summed E-state index contributed by atoms with van der Waals surface area (Å²) in [4.78, 5) is 22.7. The number of aryl methyl sites for hydroxylation is 1. The van der Waals surface area contributed by atoms with Crippen LogP contribution in [-0.2, 0) is 22.7 Å². The van der Waals surface area contributed by atoms with Crippen molar-refractivity contribution in [3.8, 4) is 5.75 Å². The van der Waals surface area contributed by atoms with Gasteiger partial charge in [0.25, 0.3) is 5.91 Å². The maximum atomic E-state index is 15.1. The Labute approximate surface area is 259 Å². The standard InChI is InChI=1S/C29H35F4N7O4S/c1-17-6-7-18(24(12-17)40(3)45(5,42)43)15-34-26-21(29(31,32)33)16-35-28(38-26)37-23-14-22(30)20(13-25(23)44-4)27(41)36-19-8-10-39(2)11-9-19/h6-7,12-14,16,19H,8-11,15H2,1-5H3,(H,36,41)(H2,34,35,37,38). The van der Waals surface area contributed by atoms with Gasteiger partial charge in [-0.15, -0.1) is 0 Å². The maximum absolute atomic E-state index is 15.1. The van der Waals surface area contributed by atoms with Crippen molar-refractivity contribution in [1.82, 2.24) is 20.2 Å². The number of ether oxygens (including phenoxy) is 1. The van der Waals surface area contributed by atoms with Crippen LogP contribution < -0.4 is 25.0 Å². The number of carbonyl (C=O) groups excluding carboxylic acids is 1. The quantitative estimate of drug-likeness (QED) is 0.271. The zero-order chi connectivity index (χ0) is 33.1. The number of nitrogens with zero attached hydrogens (tertiary/aromatic N) is 4. The molecule has 45 heavy (non-hydrogen) atoms. The fourth-order valence-corrected chi connectivity index (χ4v) is 5.32. The van der Waals surface area contributed by atoms with Crippen LogP contribution in [0.3, 0.4) is 0 Å². The molecular formula is C29H35F4N7O4S. The first-order valence-corrected chi connectivity index (χ1v) is 15.8. The number of anilines is 4. The molecular weight excluding hydrogens is 618 g/mol. The first-order chi connectivity index (χ1) is 21.1. The summed E-state index contributed by atoms with van der Waals surface area (Å²) in [6.45, 7) is 3.14. The molecule has 0 bridgehead atoms. The Balaban J connectivity index is 1.60. The van der Waals surface area contributed by atoms with Gasteiger partial charge in [-0.25, -0.2) is 17.8 Å². The van der Waals surface area contributed by atoms with Gasteiger partial charge in [0, 0.05) is 31.9 Å². The Morgan fingerprint density at radius 1 is 1.18 bits per heavy atom. The summed E-state index contributed by atoms with van der Waals surface area (Å²) in [7, 11) is 0.963. The number of hydrogen-bond acceptors (Lipinski definition) is 9. The maximum Gasteiger partial charge on any atom is 0.421 e. The fraction of sp³-hybridized carbons (Fsp3) is 0.414. The van der Waals surface area contributed by atoms with E-state index in [1.165, 1.54) is 20.2 Å². The van der Waals surface area contributed by atoms with Crippen molar-refractivity contribution in [2.75, 3.05) is 55.5 Å². The third-order valence-electron chi connectivity index (χ3n) is 7.45. The molecule has 1 aliphatic rings. The lowest BCUT2D eigenvalue weighted by molar-refractivity contribution is -0.137. The van der Waals surface area contributed by atoms with E-state index in [-0.39, 0.29) is 41.2 Å². The Bertz CT molecular complexity index is 1660. The molecule has 1 aromatic heterocycles. The van der Waals surface area contributed by atoms with E-state index in [9.17, 15) is 26.4 Å². The highest BCUT2D eigenvalue weighted by Gasteiger charge is 2.35. The van der Waals surface area contributed by atoms with E-state index >= 15 is 4.39 Å². The predicted molar refractivity (Wildman–Crippen MR) is 163 cm³/mol. The third-order valence-corrected chi connectivity index (χ3v) is 8.64. The number of benzene rings is 2. The topological polar surface area (TPSA) is 129 Å². The van der Waals surface area contributed by atoms with Crippen LogP contribution in [0.5, 0.6) is 5.75 Å². The van der Waals surface area contributed by atoms with E-state index in [1.807, 2.05) is 7.05 Å². The van der Waals surface area contributed by atoms with E-state index in [0.717, 1.165) is 48.1 Å². The third kappa shape index (κ3) is 8.30. The van der Waals surface area contributed by atoms with Crippen molar-refractivity contribution in [3.05, 3.63) is 64.6 Å². The number of likely N-dealkylation sites (tertiary alicyclic amines) is 1. The van der Waals surface area contributed by atoms with Crippen molar-refractivity contribution in [3.63, 3.8) is 0 Å². The minimum Gasteiger partial charge on any atom is -0.495 e. The SMILES string of the molecule is COc1cc(C(=O)NC2CCN(C)CC2)c(F)cc1Nc1ncc(C(F)(F)F)c(NCc2ccc(C)cc2N(C)S(C)(=O)=O)n1. The molecule has 0 atom stereocenters. The Morgan fingerprint density at radius 3 is 2.49 bits per heavy atom. The molecule has 2 aromatic carbocycles. The number of aromatic nitrogens is 2. The molecule has 0 unspecified atom stereocenters. The Hall–Kier alpha value is -4.18. The van der Waals surface area contributed by atoms with Crippen LogP contribution in [0.25, 0.3) is 0 Å². The molecule has 244 valence electrons. The van der Waals surface area contributed by atoms with E-state index < -0.39 is 39.3 Å². The first-order valence-electron chi connectivity index (χ1n) is 13.9. The van der Waals surface area contributed by atoms with Gasteiger partial charge >= 0.3 is 6.18 Å². The van der Waals surface area contributed by atoms with Crippen LogP contribution in [0.1, 0.15) is 39.9 Å². The Morgan fingerprint density at radius 2 is 1.87 bits per heavy atom. The van der Waals surface area contributed by atoms with Crippen molar-refractivity contribution in [1.29, 1.82) is 0 Å². The molecule has 1 amide bonds. The fourth-order valence-electron chi connectivity index (χ4n) is 4.79. The van der Waals surface area contributed by atoms with Gasteiger partial charge in [0.05, 0.1) is 30.3 Å². The van der Waals surface area contributed by atoms with E-state index in [4.69, 9.17) is 4.74 Å². The number of rotatable bonds is 10. The second-order valence-electron chi connectivity index (χ2n) is 10.9. The number of sulfonamides is 1. The summed E-state index contributed by atoms with van der Waals surface area (Å²) >= 11 is 0. The summed E-state index contributed by atoms with van der Waals surface area (Å²) in [5.74, 6) is -2.36. The van der Waals surface area contributed by atoms with Gasteiger partial charge in [-0.1, -0.05) is 12.1 Å². The van der Waals surface area contributed by atoms with Gasteiger partial charge in [-0.3, -0.25) is 9.10 Å². The summed E-state index contributed by atoms with van der Waals surface area (Å²) in [6.07, 6.45) is -1.79. The molecule has 0 spiro atoms. The summed E-state index contributed by atoms with van der Waals surface area (Å²) in [5, 5.41) is 8.15. The van der Waals surface area contributed by atoms with Gasteiger partial charge in [-0.05, 0) is 63.2 Å². The van der Waals surface area contributed by atoms with Gasteiger partial charge < -0.3 is 25.6 Å². The molecule has 1 aliphatic heterocycles. The highest BCUT2D eigenvalue weighted by atomic mass is 32.2. The highest BCUT2D eigenvalue weighted by Crippen LogP contribution is 2.36. The number of hydrogen-bond donors (Lipinski definition) is 3. The number of carbonyl (C=O) groups is 1. The van der Waals surface area contributed by atoms with Crippen LogP contribution in [0.2, 0.25) is 0 Å². The number of piperidine rings is 1. The number of nitrogens with one attached hydrogen (secondary N) is 3. The molecule has 4 rings (SSSR count). The Kier molecular flexibility index (Phi) is 10.1. The van der Waals surface area contributed by atoms with E-state index in [0.29, 0.717) is 11.8 Å². The summed E-state index contributed by atoms with van der Waals surface area (Å²) in [6, 6.07) is 6.98. The minimum atomic E-state index is -4.83. The van der Waals surface area contributed by atoms with Gasteiger partial charge in [0.2, 0.25) is 16.0 Å². The molecule has 11 nitrogen and oxygen atoms in total. The average molecular weight is 654 g/mol. The van der Waals surface area contributed by atoms with Crippen LogP contribution in [0.15, 0.2) is 36.5 Å². The molecule has 0 saturated carbocycles. The lowest BCUT2D eigenvalue weighted by atomic mass is 10.0. The van der Waals surface area contributed by atoms with Crippen LogP contribution in [-0.4, -0.2) is 75.8 Å². The largest absolute Gasteiger partial charge is 0.495 e. The summed E-state index contributed by atoms with van der Waals surface area (Å²) < 4.78 is 87.5. The zero-order valence-electron chi connectivity index (χ0n) is 25.4. The molecule has 0 aliphatic carbocycles. The van der Waals surface area contributed by atoms with E-state index in [1.54, 1.807) is 25.1 Å². The number of halogens is 4. The molecule has 3 aromatic rings. The number of amides is 1. The van der Waals surface area contributed by atoms with Crippen molar-refractivity contribution in [2.45, 2.75) is 38.5 Å². The molecule has 1 fully saturated rings. The lowest BCUT2D eigenvalue weighted by Crippen LogP contribution is -2.43. The highest BCUT2D eigenvalue weighted by molar-refractivity contribution is 7.92. The van der Waals surface area contributed by atoms with Gasteiger partial charge in [-0.2, -0.15) is 18.2 Å². The second-order valence-corrected chi connectivity index (χ2v) is 12.9. The first kappa shape index (κ1) is 33.7. The average Bonchev–Trinajstić information content (AvgIpc) is 2.96. The molecule has 2 heterocycles. The van der Waals surface area contributed by atoms with Crippen LogP contribution >= 0.6 is 0 Å². The number of methoxy groups -OCH3 is 1. The lowest BCUT2D eigenvalue weighted by Gasteiger charge is -2.29. The summed E-state index contributed by atoms with van der Waals surface area (Å²) in [5.41, 5.74) is -0.0108. The zero-order valence-corrected chi connectivity index (χ0v) is 26.2. The molecule has 0 radical (unpaired) electrons. The molecule has 3 N–H and O–H groups in total. The smallest absolute Gasteiger partial charge is 0.421 e. The van der Waals surface area contributed by atoms with Gasteiger partial charge in [0.15, 0.2) is 0 Å². The second kappa shape index (κ2) is 13.4. The van der Waals surface area contributed by atoms with Crippen molar-refractivity contribution >= 4 is 39.1 Å².